The van der Waals surface area contributed by atoms with Crippen LogP contribution in [0.5, 0.6) is 0 Å². The van der Waals surface area contributed by atoms with Gasteiger partial charge in [-0.2, -0.15) is 0 Å². The molecule has 108 valence electrons. The maximum absolute atomic E-state index is 10.3. The quantitative estimate of drug-likeness (QED) is 0.849. The van der Waals surface area contributed by atoms with Crippen LogP contribution in [-0.2, 0) is 11.2 Å². The van der Waals surface area contributed by atoms with E-state index in [1.165, 1.54) is 4.88 Å². The van der Waals surface area contributed by atoms with Crippen molar-refractivity contribution in [2.75, 3.05) is 25.1 Å². The van der Waals surface area contributed by atoms with Crippen LogP contribution >= 0.6 is 22.9 Å². The number of ether oxygens (including phenoxy) is 1. The van der Waals surface area contributed by atoms with Crippen molar-refractivity contribution in [3.63, 3.8) is 0 Å². The van der Waals surface area contributed by atoms with Gasteiger partial charge in [0.15, 0.2) is 0 Å². The van der Waals surface area contributed by atoms with Gasteiger partial charge in [-0.1, -0.05) is 6.92 Å². The fourth-order valence-electron chi connectivity index (χ4n) is 2.24. The van der Waals surface area contributed by atoms with Crippen molar-refractivity contribution in [2.24, 2.45) is 0 Å². The Morgan fingerprint density at radius 1 is 1.55 bits per heavy atom. The topological polar surface area (TPSA) is 67.3 Å². The molecule has 0 radical (unpaired) electrons. The lowest BCUT2D eigenvalue weighted by Crippen LogP contribution is -2.37. The Hall–Kier alpha value is -0.950. The zero-order chi connectivity index (χ0) is 14.2. The van der Waals surface area contributed by atoms with E-state index >= 15 is 0 Å². The summed E-state index contributed by atoms with van der Waals surface area (Å²) in [5, 5.41) is 14.7. The predicted octanol–water partition coefficient (Wildman–Crippen LogP) is 2.47. The van der Waals surface area contributed by atoms with Crippen LogP contribution in [0.25, 0.3) is 10.2 Å². The van der Waals surface area contributed by atoms with Gasteiger partial charge in [-0.3, -0.25) is 0 Å². The SMILES string of the molecule is CCc1cc2c(NCC3(O)CCOC3)nc(Cl)nc2s1. The number of halogens is 1. The lowest BCUT2D eigenvalue weighted by Gasteiger charge is -2.21. The number of anilines is 1. The molecule has 5 nitrogen and oxygen atoms in total. The van der Waals surface area contributed by atoms with Crippen LogP contribution in [-0.4, -0.2) is 40.4 Å². The summed E-state index contributed by atoms with van der Waals surface area (Å²) in [7, 11) is 0. The van der Waals surface area contributed by atoms with Crippen molar-refractivity contribution in [3.05, 3.63) is 16.2 Å². The molecule has 3 heterocycles. The molecule has 7 heteroatoms. The highest BCUT2D eigenvalue weighted by molar-refractivity contribution is 7.18. The number of thiophene rings is 1. The van der Waals surface area contributed by atoms with E-state index in [9.17, 15) is 5.11 Å². The Morgan fingerprint density at radius 3 is 3.10 bits per heavy atom. The smallest absolute Gasteiger partial charge is 0.225 e. The third-order valence-electron chi connectivity index (χ3n) is 3.43. The molecule has 2 aromatic heterocycles. The lowest BCUT2D eigenvalue weighted by atomic mass is 10.0. The summed E-state index contributed by atoms with van der Waals surface area (Å²) < 4.78 is 5.23. The molecule has 0 bridgehead atoms. The first-order chi connectivity index (χ1) is 9.59. The van der Waals surface area contributed by atoms with Crippen molar-refractivity contribution >= 4 is 39.0 Å². The van der Waals surface area contributed by atoms with E-state index in [0.717, 1.165) is 16.6 Å². The van der Waals surface area contributed by atoms with E-state index in [-0.39, 0.29) is 5.28 Å². The van der Waals surface area contributed by atoms with Gasteiger partial charge in [0.1, 0.15) is 16.2 Å². The monoisotopic (exact) mass is 313 g/mol. The third-order valence-corrected chi connectivity index (χ3v) is 4.77. The van der Waals surface area contributed by atoms with Crippen LogP contribution in [0.1, 0.15) is 18.2 Å². The summed E-state index contributed by atoms with van der Waals surface area (Å²) in [5.74, 6) is 0.677. The molecule has 0 aromatic carbocycles. The number of aliphatic hydroxyl groups is 1. The van der Waals surface area contributed by atoms with Crippen LogP contribution in [0, 0.1) is 0 Å². The van der Waals surface area contributed by atoms with Crippen LogP contribution in [0.4, 0.5) is 5.82 Å². The van der Waals surface area contributed by atoms with E-state index in [4.69, 9.17) is 16.3 Å². The Kier molecular flexibility index (Phi) is 3.81. The molecule has 1 aliphatic heterocycles. The second-order valence-electron chi connectivity index (χ2n) is 5.01. The summed E-state index contributed by atoms with van der Waals surface area (Å²) in [6, 6.07) is 2.08. The minimum atomic E-state index is -0.826. The molecule has 2 N–H and O–H groups in total. The standard InChI is InChI=1S/C13H16ClN3O2S/c1-2-8-5-9-10(16-12(14)17-11(9)20-8)15-6-13(18)3-4-19-7-13/h5,18H,2-4,6-7H2,1H3,(H,15,16,17). The molecule has 2 aromatic rings. The molecule has 0 saturated carbocycles. The van der Waals surface area contributed by atoms with E-state index in [0.29, 0.717) is 32.0 Å². The van der Waals surface area contributed by atoms with Gasteiger partial charge in [0.25, 0.3) is 0 Å². The number of rotatable bonds is 4. The molecule has 20 heavy (non-hydrogen) atoms. The van der Waals surface area contributed by atoms with Gasteiger partial charge < -0.3 is 15.2 Å². The van der Waals surface area contributed by atoms with Crippen molar-refractivity contribution in [2.45, 2.75) is 25.4 Å². The van der Waals surface area contributed by atoms with Crippen molar-refractivity contribution in [1.29, 1.82) is 0 Å². The summed E-state index contributed by atoms with van der Waals surface area (Å²) >= 11 is 7.58. The summed E-state index contributed by atoms with van der Waals surface area (Å²) in [6.07, 6.45) is 1.58. The van der Waals surface area contributed by atoms with Crippen LogP contribution < -0.4 is 5.32 Å². The van der Waals surface area contributed by atoms with Crippen molar-refractivity contribution in [1.82, 2.24) is 9.97 Å². The molecule has 0 amide bonds. The zero-order valence-electron chi connectivity index (χ0n) is 11.1. The zero-order valence-corrected chi connectivity index (χ0v) is 12.7. The molecule has 1 atom stereocenters. The first-order valence-corrected chi connectivity index (χ1v) is 7.79. The Labute approximate surface area is 126 Å². The molecule has 0 spiro atoms. The molecule has 1 aliphatic rings. The van der Waals surface area contributed by atoms with Gasteiger partial charge in [0.05, 0.1) is 12.0 Å². The highest BCUT2D eigenvalue weighted by Crippen LogP contribution is 2.31. The number of aromatic nitrogens is 2. The maximum Gasteiger partial charge on any atom is 0.225 e. The van der Waals surface area contributed by atoms with E-state index in [2.05, 4.69) is 28.3 Å². The maximum atomic E-state index is 10.3. The number of hydrogen-bond donors (Lipinski definition) is 2. The van der Waals surface area contributed by atoms with Crippen LogP contribution in [0.15, 0.2) is 6.07 Å². The number of fused-ring (bicyclic) bond motifs is 1. The second kappa shape index (κ2) is 5.44. The van der Waals surface area contributed by atoms with Crippen LogP contribution in [0.3, 0.4) is 0 Å². The molecule has 1 unspecified atom stereocenters. The van der Waals surface area contributed by atoms with Gasteiger partial charge in [-0.15, -0.1) is 11.3 Å². The van der Waals surface area contributed by atoms with Crippen molar-refractivity contribution in [3.8, 4) is 0 Å². The molecule has 1 saturated heterocycles. The summed E-state index contributed by atoms with van der Waals surface area (Å²) in [5.41, 5.74) is -0.826. The Morgan fingerprint density at radius 2 is 2.40 bits per heavy atom. The van der Waals surface area contributed by atoms with E-state index < -0.39 is 5.60 Å². The molecule has 0 aliphatic carbocycles. The summed E-state index contributed by atoms with van der Waals surface area (Å²) in [4.78, 5) is 10.6. The first-order valence-electron chi connectivity index (χ1n) is 6.59. The van der Waals surface area contributed by atoms with Gasteiger partial charge in [-0.05, 0) is 24.1 Å². The minimum Gasteiger partial charge on any atom is -0.386 e. The summed E-state index contributed by atoms with van der Waals surface area (Å²) in [6.45, 7) is 3.44. The first kappa shape index (κ1) is 14.0. The van der Waals surface area contributed by atoms with Gasteiger partial charge in [0.2, 0.25) is 5.28 Å². The highest BCUT2D eigenvalue weighted by atomic mass is 35.5. The fraction of sp³-hybridized carbons (Fsp3) is 0.538. The van der Waals surface area contributed by atoms with Gasteiger partial charge in [0, 0.05) is 24.4 Å². The largest absolute Gasteiger partial charge is 0.386 e. The highest BCUT2D eigenvalue weighted by Gasteiger charge is 2.32. The Balaban J connectivity index is 1.88. The number of nitrogens with one attached hydrogen (secondary N) is 1. The van der Waals surface area contributed by atoms with Gasteiger partial charge >= 0.3 is 0 Å². The number of aryl methyl sites for hydroxylation is 1. The predicted molar refractivity (Wildman–Crippen MR) is 80.7 cm³/mol. The molecule has 3 rings (SSSR count). The van der Waals surface area contributed by atoms with Crippen molar-refractivity contribution < 1.29 is 9.84 Å². The Bertz CT molecular complexity index is 625. The van der Waals surface area contributed by atoms with E-state index in [1.807, 2.05) is 0 Å². The third kappa shape index (κ3) is 2.74. The number of hydrogen-bond acceptors (Lipinski definition) is 6. The molecular formula is C13H16ClN3O2S. The number of nitrogens with zero attached hydrogens (tertiary/aromatic N) is 2. The minimum absolute atomic E-state index is 0.221. The average molecular weight is 314 g/mol. The van der Waals surface area contributed by atoms with Crippen LogP contribution in [0.2, 0.25) is 5.28 Å². The average Bonchev–Trinajstić information content (AvgIpc) is 3.02. The fourth-order valence-corrected chi connectivity index (χ4v) is 3.42. The van der Waals surface area contributed by atoms with Gasteiger partial charge in [-0.25, -0.2) is 9.97 Å². The second-order valence-corrected chi connectivity index (χ2v) is 6.46. The normalized spacial score (nSPS) is 22.6. The lowest BCUT2D eigenvalue weighted by molar-refractivity contribution is 0.0381. The molecule has 1 fully saturated rings. The van der Waals surface area contributed by atoms with E-state index in [1.54, 1.807) is 11.3 Å². The molecular weight excluding hydrogens is 298 g/mol.